The van der Waals surface area contributed by atoms with Crippen molar-refractivity contribution in [2.24, 2.45) is 0 Å². The lowest BCUT2D eigenvalue weighted by Crippen LogP contribution is -2.03. The summed E-state index contributed by atoms with van der Waals surface area (Å²) >= 11 is 3.37. The first kappa shape index (κ1) is 11.9. The van der Waals surface area contributed by atoms with Gasteiger partial charge < -0.3 is 11.1 Å². The molecular weight excluding hydrogens is 283 g/mol. The highest BCUT2D eigenvalue weighted by atomic mass is 79.9. The third-order valence-electron chi connectivity index (χ3n) is 2.45. The SMILES string of the molecule is Nc1c(F)cccc1NCc1ccc(Br)cc1. The predicted molar refractivity (Wildman–Crippen MR) is 72.3 cm³/mol. The molecule has 0 aliphatic rings. The number of nitrogens with two attached hydrogens (primary N) is 1. The van der Waals surface area contributed by atoms with Crippen LogP contribution in [0.5, 0.6) is 0 Å². The number of nitrogens with one attached hydrogen (secondary N) is 1. The number of hydrogen-bond donors (Lipinski definition) is 2. The molecule has 0 radical (unpaired) electrons. The van der Waals surface area contributed by atoms with Crippen molar-refractivity contribution in [3.8, 4) is 0 Å². The fourth-order valence-corrected chi connectivity index (χ4v) is 1.76. The van der Waals surface area contributed by atoms with E-state index < -0.39 is 5.82 Å². The summed E-state index contributed by atoms with van der Waals surface area (Å²) in [5, 5.41) is 3.11. The van der Waals surface area contributed by atoms with Gasteiger partial charge in [-0.3, -0.25) is 0 Å². The molecule has 0 aliphatic heterocycles. The maximum atomic E-state index is 13.2. The van der Waals surface area contributed by atoms with Crippen LogP contribution in [0.3, 0.4) is 0 Å². The zero-order valence-electron chi connectivity index (χ0n) is 9.08. The minimum absolute atomic E-state index is 0.157. The quantitative estimate of drug-likeness (QED) is 0.846. The lowest BCUT2D eigenvalue weighted by Gasteiger charge is -2.09. The molecule has 0 bridgehead atoms. The van der Waals surface area contributed by atoms with Crippen molar-refractivity contribution in [3.63, 3.8) is 0 Å². The zero-order chi connectivity index (χ0) is 12.3. The Hall–Kier alpha value is -1.55. The van der Waals surface area contributed by atoms with E-state index in [9.17, 15) is 4.39 Å². The van der Waals surface area contributed by atoms with Crippen molar-refractivity contribution in [1.29, 1.82) is 0 Å². The Labute approximate surface area is 108 Å². The summed E-state index contributed by atoms with van der Waals surface area (Å²) in [6, 6.07) is 12.7. The van der Waals surface area contributed by atoms with Crippen LogP contribution in [0.25, 0.3) is 0 Å². The van der Waals surface area contributed by atoms with Crippen LogP contribution in [0.15, 0.2) is 46.9 Å². The molecule has 0 saturated heterocycles. The van der Waals surface area contributed by atoms with Crippen molar-refractivity contribution >= 4 is 27.3 Å². The Balaban J connectivity index is 2.07. The van der Waals surface area contributed by atoms with Gasteiger partial charge in [0.2, 0.25) is 0 Å². The first-order valence-electron chi connectivity index (χ1n) is 5.19. The number of para-hydroxylation sites is 1. The van der Waals surface area contributed by atoms with Gasteiger partial charge in [0.1, 0.15) is 5.82 Å². The van der Waals surface area contributed by atoms with Crippen molar-refractivity contribution in [2.75, 3.05) is 11.1 Å². The Morgan fingerprint density at radius 3 is 2.53 bits per heavy atom. The second-order valence-corrected chi connectivity index (χ2v) is 4.60. The summed E-state index contributed by atoms with van der Waals surface area (Å²) in [7, 11) is 0. The highest BCUT2D eigenvalue weighted by Crippen LogP contribution is 2.22. The summed E-state index contributed by atoms with van der Waals surface area (Å²) in [4.78, 5) is 0. The van der Waals surface area contributed by atoms with Gasteiger partial charge in [0.15, 0.2) is 0 Å². The van der Waals surface area contributed by atoms with Gasteiger partial charge in [-0.1, -0.05) is 34.1 Å². The lowest BCUT2D eigenvalue weighted by atomic mass is 10.2. The maximum absolute atomic E-state index is 13.2. The van der Waals surface area contributed by atoms with Crippen LogP contribution in [-0.4, -0.2) is 0 Å². The second-order valence-electron chi connectivity index (χ2n) is 3.68. The van der Waals surface area contributed by atoms with Gasteiger partial charge in [0, 0.05) is 11.0 Å². The molecule has 2 aromatic rings. The molecule has 17 heavy (non-hydrogen) atoms. The van der Waals surface area contributed by atoms with Crippen molar-refractivity contribution in [2.45, 2.75) is 6.54 Å². The molecule has 0 aliphatic carbocycles. The fourth-order valence-electron chi connectivity index (χ4n) is 1.49. The molecule has 0 amide bonds. The summed E-state index contributed by atoms with van der Waals surface area (Å²) < 4.78 is 14.2. The van der Waals surface area contributed by atoms with Crippen LogP contribution in [0.2, 0.25) is 0 Å². The van der Waals surface area contributed by atoms with E-state index in [1.807, 2.05) is 24.3 Å². The minimum Gasteiger partial charge on any atom is -0.395 e. The first-order valence-corrected chi connectivity index (χ1v) is 5.98. The predicted octanol–water partition coefficient (Wildman–Crippen LogP) is 3.78. The molecule has 0 aromatic heterocycles. The second kappa shape index (κ2) is 5.19. The van der Waals surface area contributed by atoms with E-state index in [1.165, 1.54) is 6.07 Å². The van der Waals surface area contributed by atoms with Gasteiger partial charge >= 0.3 is 0 Å². The smallest absolute Gasteiger partial charge is 0.148 e. The number of rotatable bonds is 3. The zero-order valence-corrected chi connectivity index (χ0v) is 10.7. The summed E-state index contributed by atoms with van der Waals surface area (Å²) in [6.07, 6.45) is 0. The standard InChI is InChI=1S/C13H12BrFN2/c14-10-6-4-9(5-7-10)8-17-12-3-1-2-11(15)13(12)16/h1-7,17H,8,16H2. The number of halogens is 2. The Kier molecular flexibility index (Phi) is 3.64. The van der Waals surface area contributed by atoms with Crippen LogP contribution < -0.4 is 11.1 Å². The normalized spacial score (nSPS) is 10.2. The van der Waals surface area contributed by atoms with Crippen LogP contribution in [0.4, 0.5) is 15.8 Å². The third-order valence-corrected chi connectivity index (χ3v) is 2.98. The lowest BCUT2D eigenvalue weighted by molar-refractivity contribution is 0.633. The van der Waals surface area contributed by atoms with E-state index in [0.717, 1.165) is 10.0 Å². The highest BCUT2D eigenvalue weighted by Gasteiger charge is 2.03. The number of benzene rings is 2. The fraction of sp³-hybridized carbons (Fsp3) is 0.0769. The average molecular weight is 295 g/mol. The number of anilines is 2. The molecule has 2 aromatic carbocycles. The van der Waals surface area contributed by atoms with Gasteiger partial charge in [-0.05, 0) is 29.8 Å². The molecule has 88 valence electrons. The average Bonchev–Trinajstić information content (AvgIpc) is 2.33. The molecule has 0 heterocycles. The Morgan fingerprint density at radius 2 is 1.82 bits per heavy atom. The van der Waals surface area contributed by atoms with Crippen LogP contribution in [-0.2, 0) is 6.54 Å². The largest absolute Gasteiger partial charge is 0.395 e. The monoisotopic (exact) mass is 294 g/mol. The van der Waals surface area contributed by atoms with E-state index >= 15 is 0 Å². The van der Waals surface area contributed by atoms with Crippen molar-refractivity contribution in [1.82, 2.24) is 0 Å². The summed E-state index contributed by atoms with van der Waals surface area (Å²) in [6.45, 7) is 0.612. The molecule has 0 fully saturated rings. The van der Waals surface area contributed by atoms with E-state index in [-0.39, 0.29) is 5.69 Å². The molecule has 2 rings (SSSR count). The number of nitrogen functional groups attached to an aromatic ring is 1. The van der Waals surface area contributed by atoms with Crippen molar-refractivity contribution in [3.05, 3.63) is 58.3 Å². The molecule has 0 spiro atoms. The van der Waals surface area contributed by atoms with Gasteiger partial charge in [0.25, 0.3) is 0 Å². The summed E-state index contributed by atoms with van der Waals surface area (Å²) in [5.41, 5.74) is 7.51. The molecule has 0 unspecified atom stereocenters. The van der Waals surface area contributed by atoms with E-state index in [0.29, 0.717) is 12.2 Å². The topological polar surface area (TPSA) is 38.0 Å². The Morgan fingerprint density at radius 1 is 1.12 bits per heavy atom. The molecular formula is C13H12BrFN2. The van der Waals surface area contributed by atoms with E-state index in [1.54, 1.807) is 12.1 Å². The summed E-state index contributed by atoms with van der Waals surface area (Å²) in [5.74, 6) is -0.397. The van der Waals surface area contributed by atoms with E-state index in [4.69, 9.17) is 5.73 Å². The van der Waals surface area contributed by atoms with Gasteiger partial charge in [-0.25, -0.2) is 4.39 Å². The molecule has 0 atom stereocenters. The molecule has 3 N–H and O–H groups in total. The Bertz CT molecular complexity index is 511. The first-order chi connectivity index (χ1) is 8.16. The molecule has 2 nitrogen and oxygen atoms in total. The third kappa shape index (κ3) is 2.97. The van der Waals surface area contributed by atoms with Crippen molar-refractivity contribution < 1.29 is 4.39 Å². The maximum Gasteiger partial charge on any atom is 0.148 e. The van der Waals surface area contributed by atoms with Gasteiger partial charge in [-0.15, -0.1) is 0 Å². The van der Waals surface area contributed by atoms with Crippen LogP contribution >= 0.6 is 15.9 Å². The van der Waals surface area contributed by atoms with Gasteiger partial charge in [-0.2, -0.15) is 0 Å². The minimum atomic E-state index is -0.397. The highest BCUT2D eigenvalue weighted by molar-refractivity contribution is 9.10. The molecule has 0 saturated carbocycles. The number of hydrogen-bond acceptors (Lipinski definition) is 2. The van der Waals surface area contributed by atoms with Crippen LogP contribution in [0, 0.1) is 5.82 Å². The van der Waals surface area contributed by atoms with E-state index in [2.05, 4.69) is 21.2 Å². The molecule has 4 heteroatoms. The van der Waals surface area contributed by atoms with Gasteiger partial charge in [0.05, 0.1) is 11.4 Å². The van der Waals surface area contributed by atoms with Crippen LogP contribution in [0.1, 0.15) is 5.56 Å².